The number of nitrogens with two attached hydrogens (primary N) is 1. The molecule has 15 rings (SSSR count). The highest BCUT2D eigenvalue weighted by atomic mass is 35.5. The van der Waals surface area contributed by atoms with E-state index in [9.17, 15) is 97.0 Å². The molecule has 762 valence electrons. The first-order chi connectivity index (χ1) is 65.4. The largest absolute Gasteiger partial charge is 0.394 e. The topological polar surface area (TPSA) is 558 Å². The van der Waals surface area contributed by atoms with Crippen LogP contribution in [-0.2, 0) is 75.8 Å². The third kappa shape index (κ3) is 25.2. The number of fused-ring (bicyclic) bond motifs is 8. The van der Waals surface area contributed by atoms with Gasteiger partial charge in [-0.3, -0.25) is 0 Å². The van der Waals surface area contributed by atoms with Crippen LogP contribution in [0, 0.1) is 53.8 Å². The third-order valence-electron chi connectivity index (χ3n) is 30.0. The van der Waals surface area contributed by atoms with Gasteiger partial charge in [-0.15, -0.1) is 35.5 Å². The van der Waals surface area contributed by atoms with Crippen LogP contribution in [0.15, 0.2) is 60.2 Å². The molecule has 0 aromatic carbocycles. The predicted octanol–water partition coefficient (Wildman–Crippen LogP) is -1.51. The van der Waals surface area contributed by atoms with Gasteiger partial charge in [-0.2, -0.15) is 0 Å². The lowest BCUT2D eigenvalue weighted by Crippen LogP contribution is -2.70. The SMILES string of the molecule is C#CC#CCC(Cl)C(O)C(O)C(O)C(O)C(O)CC(O)C(OC1OC(CO)C(O)C1O)C(O)CC1OC(C2OC3CCC(C4OC5C(Cl)CC(C6OC7C(O)CC(C8CCC9OC(C%10CCC%11OC%12CC%13OC%14CCC(C=CC=CCC(N)CC=CC=CCC#CCCC#CC=CCl)OC%14CC%13OC%12CC(O)C%11O%10)C(C)CC9O8)OC7CC6O)OC5CC4O)OC3C(O)C2O)C(O)C(O)C1O. The number of ether oxygens (including phenoxy) is 16. The number of alkyl halides is 2. The zero-order chi connectivity index (χ0) is 96.6. The molecule has 0 saturated carbocycles. The fourth-order valence-corrected chi connectivity index (χ4v) is 23.4. The molecule has 15 fully saturated rings. The molecule has 0 aliphatic carbocycles. The van der Waals surface area contributed by atoms with E-state index in [0.717, 1.165) is 32.1 Å². The predicted molar refractivity (Wildman–Crippen MR) is 481 cm³/mol. The Morgan fingerprint density at radius 2 is 0.875 bits per heavy atom. The van der Waals surface area contributed by atoms with Crippen LogP contribution in [0.25, 0.3) is 0 Å². The maximum absolute atomic E-state index is 12.0. The van der Waals surface area contributed by atoms with Gasteiger partial charge < -0.3 is 179 Å². The highest BCUT2D eigenvalue weighted by Gasteiger charge is 2.62. The summed E-state index contributed by atoms with van der Waals surface area (Å²) in [6, 6.07) is 0.00148. The minimum atomic E-state index is -2.35. The summed E-state index contributed by atoms with van der Waals surface area (Å²) in [5.74, 6) is 18.8. The molecule has 39 heteroatoms. The molecule has 15 aliphatic rings. The van der Waals surface area contributed by atoms with E-state index in [1.165, 1.54) is 5.54 Å². The Labute approximate surface area is 806 Å². The Hall–Kier alpha value is -3.63. The Morgan fingerprint density at radius 1 is 0.412 bits per heavy atom. The second-order valence-corrected chi connectivity index (χ2v) is 40.8. The molecule has 0 radical (unpaired) electrons. The number of hydrogen-bond donors (Lipinski definition) is 20. The van der Waals surface area contributed by atoms with E-state index in [4.69, 9.17) is 123 Å². The Bertz CT molecular complexity index is 4200. The van der Waals surface area contributed by atoms with Crippen molar-refractivity contribution in [1.29, 1.82) is 0 Å². The molecule has 53 unspecified atom stereocenters. The lowest BCUT2D eigenvalue weighted by Gasteiger charge is -2.54. The molecule has 53 atom stereocenters. The lowest BCUT2D eigenvalue weighted by molar-refractivity contribution is -0.329. The second kappa shape index (κ2) is 49.0. The van der Waals surface area contributed by atoms with Gasteiger partial charge in [0.15, 0.2) is 6.29 Å². The minimum absolute atomic E-state index is 0.00148. The van der Waals surface area contributed by atoms with Crippen LogP contribution in [0.2, 0.25) is 0 Å². The lowest BCUT2D eigenvalue weighted by atomic mass is 9.81. The number of halogens is 3. The quantitative estimate of drug-likeness (QED) is 0.0175. The summed E-state index contributed by atoms with van der Waals surface area (Å²) in [6.07, 6.45) is -25.5. The van der Waals surface area contributed by atoms with Crippen molar-refractivity contribution in [3.05, 3.63) is 60.2 Å². The number of aliphatic hydroxyl groups excluding tert-OH is 19. The molecule has 15 heterocycles. The van der Waals surface area contributed by atoms with Gasteiger partial charge in [-0.05, 0) is 101 Å². The van der Waals surface area contributed by atoms with Gasteiger partial charge in [0.25, 0.3) is 0 Å². The van der Waals surface area contributed by atoms with Crippen LogP contribution in [0.3, 0.4) is 0 Å². The van der Waals surface area contributed by atoms with Crippen molar-refractivity contribution in [2.45, 2.75) is 477 Å². The average Bonchev–Trinajstić information content (AvgIpc) is 0.878. The molecule has 21 N–H and O–H groups in total. The summed E-state index contributed by atoms with van der Waals surface area (Å²) in [7, 11) is 0. The van der Waals surface area contributed by atoms with Gasteiger partial charge in [-0.25, -0.2) is 0 Å². The standard InChI is InChI=1S/C97H138Cl3NO35/c1-3-4-16-24-48(99)76(110)80(114)81(115)77(111)50(103)36-51(104)89(136-97-86(120)79(113)75(44-102)133-97)52(105)39-71-78(112)82(116)83(117)95(132-71)96-85(119)84(118)94-63(131-96)32-31-62(130-94)91-55(108)40-73-88(134-91)49(100)35-72(127-73)92-56(109)41-74-93(135-92)54(107)37-65(126-74)58-27-28-59-64(122-58)34-45(2)87(128-59)60-29-30-61-90(129-60)53(106)38-66-68(124-61)43-69-70(125-66)42-67-57(123-69)26-25-47(121-67)23-19-15-18-22-46(101)21-17-13-11-9-7-5-6-8-10-12-14-20-33-98/h1,9,11,13,15,17-20,23,33,45-97,102-120H,7-8,10,21-22,24-32,34-44,101H2,2H3. The van der Waals surface area contributed by atoms with Crippen LogP contribution >= 0.6 is 34.8 Å². The van der Waals surface area contributed by atoms with Gasteiger partial charge >= 0.3 is 0 Å². The van der Waals surface area contributed by atoms with Crippen LogP contribution in [0.1, 0.15) is 161 Å². The molecule has 0 aromatic heterocycles. The van der Waals surface area contributed by atoms with Gasteiger partial charge in [0.1, 0.15) is 122 Å². The van der Waals surface area contributed by atoms with Crippen molar-refractivity contribution in [2.24, 2.45) is 11.7 Å². The Kier molecular flexibility index (Phi) is 38.5. The van der Waals surface area contributed by atoms with Crippen LogP contribution in [0.4, 0.5) is 0 Å². The molecule has 15 aliphatic heterocycles. The van der Waals surface area contributed by atoms with Crippen molar-refractivity contribution in [3.8, 4) is 47.9 Å². The second-order valence-electron chi connectivity index (χ2n) is 39.4. The van der Waals surface area contributed by atoms with Gasteiger partial charge in [0.2, 0.25) is 0 Å². The van der Waals surface area contributed by atoms with Crippen molar-refractivity contribution >= 4 is 34.8 Å². The van der Waals surface area contributed by atoms with E-state index in [2.05, 4.69) is 60.7 Å². The Balaban J connectivity index is 0.479. The normalized spacial score (nSPS) is 46.4. The van der Waals surface area contributed by atoms with Gasteiger partial charge in [-0.1, -0.05) is 90.8 Å². The number of unbranched alkanes of at least 4 members (excludes halogenated alkanes) is 1. The van der Waals surface area contributed by atoms with E-state index < -0.39 is 250 Å². The van der Waals surface area contributed by atoms with E-state index >= 15 is 0 Å². The molecule has 0 aromatic rings. The highest BCUT2D eigenvalue weighted by Crippen LogP contribution is 2.49. The van der Waals surface area contributed by atoms with Crippen LogP contribution in [0.5, 0.6) is 0 Å². The molecule has 15 saturated heterocycles. The zero-order valence-electron chi connectivity index (χ0n) is 75.9. The number of hydrogen-bond acceptors (Lipinski definition) is 36. The summed E-state index contributed by atoms with van der Waals surface area (Å²) >= 11 is 18.8. The summed E-state index contributed by atoms with van der Waals surface area (Å²) < 4.78 is 104. The number of rotatable bonds is 29. The first kappa shape index (κ1) is 107. The molecular formula is C97H138Cl3NO35. The average molecular weight is 1980 g/mol. The summed E-state index contributed by atoms with van der Waals surface area (Å²) in [5, 5.41) is 212. The number of aliphatic hydroxyl groups is 19. The van der Waals surface area contributed by atoms with Gasteiger partial charge in [0, 0.05) is 88.6 Å². The molecule has 0 amide bonds. The third-order valence-corrected chi connectivity index (χ3v) is 30.9. The summed E-state index contributed by atoms with van der Waals surface area (Å²) in [6.45, 7) is 1.30. The van der Waals surface area contributed by atoms with Crippen LogP contribution in [-0.4, -0.2) is 420 Å². The van der Waals surface area contributed by atoms with Crippen molar-refractivity contribution in [3.63, 3.8) is 0 Å². The van der Waals surface area contributed by atoms with E-state index in [0.29, 0.717) is 64.2 Å². The highest BCUT2D eigenvalue weighted by molar-refractivity contribution is 6.25. The van der Waals surface area contributed by atoms with Gasteiger partial charge in [0.05, 0.1) is 188 Å². The van der Waals surface area contributed by atoms with E-state index in [1.807, 2.05) is 36.3 Å². The van der Waals surface area contributed by atoms with Crippen molar-refractivity contribution in [2.75, 3.05) is 6.61 Å². The Morgan fingerprint density at radius 3 is 1.54 bits per heavy atom. The molecule has 36 nitrogen and oxygen atoms in total. The molecular weight excluding hydrogens is 1850 g/mol. The zero-order valence-corrected chi connectivity index (χ0v) is 78.1. The first-order valence-electron chi connectivity index (χ1n) is 48.5. The van der Waals surface area contributed by atoms with E-state index in [1.54, 1.807) is 6.08 Å². The molecule has 0 spiro atoms. The number of allylic oxidation sites excluding steroid dienone is 6. The maximum Gasteiger partial charge on any atom is 0.187 e. The minimum Gasteiger partial charge on any atom is -0.394 e. The maximum atomic E-state index is 12.0. The fourth-order valence-electron chi connectivity index (χ4n) is 22.7. The molecule has 136 heavy (non-hydrogen) atoms. The van der Waals surface area contributed by atoms with Crippen molar-refractivity contribution < 1.29 is 173 Å². The summed E-state index contributed by atoms with van der Waals surface area (Å²) in [5.41, 5.74) is 7.78. The fraction of sp³-hybridized carbons (Fsp3) is 0.814. The smallest absolute Gasteiger partial charge is 0.187 e. The van der Waals surface area contributed by atoms with Crippen molar-refractivity contribution in [1.82, 2.24) is 0 Å². The van der Waals surface area contributed by atoms with E-state index in [-0.39, 0.29) is 136 Å². The van der Waals surface area contributed by atoms with Crippen LogP contribution < -0.4 is 5.73 Å². The number of terminal acetylenes is 1. The summed E-state index contributed by atoms with van der Waals surface area (Å²) in [4.78, 5) is 0. The monoisotopic (exact) mass is 1980 g/mol. The first-order valence-corrected chi connectivity index (χ1v) is 49.8. The molecule has 0 bridgehead atoms.